The molecule has 0 aromatic carbocycles. The van der Waals surface area contributed by atoms with Gasteiger partial charge in [0.2, 0.25) is 5.88 Å². The zero-order chi connectivity index (χ0) is 10.5. The highest BCUT2D eigenvalue weighted by Gasteiger charge is 1.96. The molecule has 0 aliphatic heterocycles. The Kier molecular flexibility index (Phi) is 2.73. The monoisotopic (exact) mass is 202 g/mol. The lowest BCUT2D eigenvalue weighted by atomic mass is 10.4. The van der Waals surface area contributed by atoms with Crippen LogP contribution in [-0.4, -0.2) is 22.1 Å². The summed E-state index contributed by atoms with van der Waals surface area (Å²) < 4.78 is 4.95. The standard InChI is InChI=1S/C10H10N4O/c1-15-10-3-2-8(6-12-10)14-9-4-5-11-7-13-9/h2-7H,1H3,(H,11,13,14). The van der Waals surface area contributed by atoms with Gasteiger partial charge in [-0.2, -0.15) is 0 Å². The fraction of sp³-hybridized carbons (Fsp3) is 0.100. The van der Waals surface area contributed by atoms with Crippen molar-refractivity contribution in [3.63, 3.8) is 0 Å². The number of nitrogens with one attached hydrogen (secondary N) is 1. The van der Waals surface area contributed by atoms with Crippen LogP contribution in [0.15, 0.2) is 36.9 Å². The first-order valence-corrected chi connectivity index (χ1v) is 4.41. The summed E-state index contributed by atoms with van der Waals surface area (Å²) >= 11 is 0. The number of ether oxygens (including phenoxy) is 1. The van der Waals surface area contributed by atoms with Crippen LogP contribution in [0.5, 0.6) is 5.88 Å². The quantitative estimate of drug-likeness (QED) is 0.819. The van der Waals surface area contributed by atoms with Gasteiger partial charge in [0, 0.05) is 12.3 Å². The van der Waals surface area contributed by atoms with Crippen LogP contribution in [0.4, 0.5) is 11.5 Å². The highest BCUT2D eigenvalue weighted by atomic mass is 16.5. The molecule has 15 heavy (non-hydrogen) atoms. The summed E-state index contributed by atoms with van der Waals surface area (Å²) in [6, 6.07) is 5.43. The molecule has 0 atom stereocenters. The van der Waals surface area contributed by atoms with Crippen LogP contribution >= 0.6 is 0 Å². The van der Waals surface area contributed by atoms with Crippen molar-refractivity contribution in [1.82, 2.24) is 15.0 Å². The maximum Gasteiger partial charge on any atom is 0.213 e. The number of rotatable bonds is 3. The first-order chi connectivity index (χ1) is 7.38. The molecule has 2 rings (SSSR count). The second-order valence-electron chi connectivity index (χ2n) is 2.81. The molecule has 0 aliphatic rings. The largest absolute Gasteiger partial charge is 0.481 e. The van der Waals surface area contributed by atoms with Gasteiger partial charge in [-0.3, -0.25) is 0 Å². The summed E-state index contributed by atoms with van der Waals surface area (Å²) in [6.45, 7) is 0. The molecule has 2 heterocycles. The van der Waals surface area contributed by atoms with Gasteiger partial charge in [-0.1, -0.05) is 0 Å². The Bertz CT molecular complexity index is 415. The molecule has 0 fully saturated rings. The van der Waals surface area contributed by atoms with E-state index in [1.807, 2.05) is 6.07 Å². The molecule has 0 saturated heterocycles. The average molecular weight is 202 g/mol. The number of nitrogens with zero attached hydrogens (tertiary/aromatic N) is 3. The molecule has 76 valence electrons. The lowest BCUT2D eigenvalue weighted by Crippen LogP contribution is -1.94. The zero-order valence-corrected chi connectivity index (χ0v) is 8.21. The Labute approximate surface area is 87.2 Å². The first-order valence-electron chi connectivity index (χ1n) is 4.41. The van der Waals surface area contributed by atoms with Crippen molar-refractivity contribution in [2.45, 2.75) is 0 Å². The SMILES string of the molecule is COc1ccc(Nc2ccncn2)cn1. The third kappa shape index (κ3) is 2.40. The van der Waals surface area contributed by atoms with Gasteiger partial charge in [-0.15, -0.1) is 0 Å². The number of hydrogen-bond acceptors (Lipinski definition) is 5. The Hall–Kier alpha value is -2.17. The van der Waals surface area contributed by atoms with E-state index in [-0.39, 0.29) is 0 Å². The predicted molar refractivity (Wildman–Crippen MR) is 56.1 cm³/mol. The Morgan fingerprint density at radius 1 is 1.20 bits per heavy atom. The van der Waals surface area contributed by atoms with E-state index in [1.165, 1.54) is 6.33 Å². The van der Waals surface area contributed by atoms with Crippen molar-refractivity contribution in [2.24, 2.45) is 0 Å². The lowest BCUT2D eigenvalue weighted by Gasteiger charge is -2.04. The maximum absolute atomic E-state index is 4.95. The number of hydrogen-bond donors (Lipinski definition) is 1. The fourth-order valence-corrected chi connectivity index (χ4v) is 1.09. The Morgan fingerprint density at radius 3 is 2.73 bits per heavy atom. The normalized spacial score (nSPS) is 9.67. The minimum Gasteiger partial charge on any atom is -0.481 e. The fourth-order valence-electron chi connectivity index (χ4n) is 1.09. The summed E-state index contributed by atoms with van der Waals surface area (Å²) in [6.07, 6.45) is 4.84. The van der Waals surface area contributed by atoms with E-state index in [0.717, 1.165) is 11.5 Å². The number of pyridine rings is 1. The molecule has 0 aliphatic carbocycles. The Balaban J connectivity index is 2.11. The summed E-state index contributed by atoms with van der Waals surface area (Å²) in [5, 5.41) is 3.09. The van der Waals surface area contributed by atoms with Crippen molar-refractivity contribution in [1.29, 1.82) is 0 Å². The molecule has 1 N–H and O–H groups in total. The van der Waals surface area contributed by atoms with E-state index >= 15 is 0 Å². The average Bonchev–Trinajstić information content (AvgIpc) is 2.31. The minimum absolute atomic E-state index is 0.586. The number of methoxy groups -OCH3 is 1. The topological polar surface area (TPSA) is 59.9 Å². The lowest BCUT2D eigenvalue weighted by molar-refractivity contribution is 0.398. The van der Waals surface area contributed by atoms with Crippen LogP contribution in [0.25, 0.3) is 0 Å². The zero-order valence-electron chi connectivity index (χ0n) is 8.21. The molecule has 5 heteroatoms. The van der Waals surface area contributed by atoms with Crippen molar-refractivity contribution >= 4 is 11.5 Å². The molecular formula is C10H10N4O. The highest BCUT2D eigenvalue weighted by molar-refractivity contribution is 5.54. The second-order valence-corrected chi connectivity index (χ2v) is 2.81. The molecular weight excluding hydrogens is 192 g/mol. The van der Waals surface area contributed by atoms with E-state index in [4.69, 9.17) is 4.74 Å². The molecule has 0 saturated carbocycles. The molecule has 2 aromatic rings. The molecule has 0 radical (unpaired) electrons. The van der Waals surface area contributed by atoms with E-state index in [1.54, 1.807) is 31.6 Å². The number of aromatic nitrogens is 3. The molecule has 5 nitrogen and oxygen atoms in total. The molecule has 0 unspecified atom stereocenters. The van der Waals surface area contributed by atoms with Crippen molar-refractivity contribution in [2.75, 3.05) is 12.4 Å². The third-order valence-electron chi connectivity index (χ3n) is 1.80. The van der Waals surface area contributed by atoms with Crippen LogP contribution < -0.4 is 10.1 Å². The summed E-state index contributed by atoms with van der Waals surface area (Å²) in [7, 11) is 1.58. The van der Waals surface area contributed by atoms with Gasteiger partial charge in [0.25, 0.3) is 0 Å². The molecule has 0 spiro atoms. The van der Waals surface area contributed by atoms with Gasteiger partial charge >= 0.3 is 0 Å². The van der Waals surface area contributed by atoms with Crippen LogP contribution in [-0.2, 0) is 0 Å². The third-order valence-corrected chi connectivity index (χ3v) is 1.80. The van der Waals surface area contributed by atoms with Gasteiger partial charge in [0.15, 0.2) is 0 Å². The highest BCUT2D eigenvalue weighted by Crippen LogP contribution is 2.14. The first kappa shape index (κ1) is 9.39. The van der Waals surface area contributed by atoms with Crippen molar-refractivity contribution in [3.8, 4) is 5.88 Å². The van der Waals surface area contributed by atoms with E-state index in [0.29, 0.717) is 5.88 Å². The van der Waals surface area contributed by atoms with Crippen LogP contribution in [0, 0.1) is 0 Å². The van der Waals surface area contributed by atoms with Crippen molar-refractivity contribution in [3.05, 3.63) is 36.9 Å². The molecule has 2 aromatic heterocycles. The summed E-state index contributed by atoms with van der Waals surface area (Å²) in [5.41, 5.74) is 0.856. The van der Waals surface area contributed by atoms with E-state index in [2.05, 4.69) is 20.3 Å². The maximum atomic E-state index is 4.95. The van der Waals surface area contributed by atoms with Crippen molar-refractivity contribution < 1.29 is 4.74 Å². The van der Waals surface area contributed by atoms with Gasteiger partial charge < -0.3 is 10.1 Å². The van der Waals surface area contributed by atoms with Crippen LogP contribution in [0.3, 0.4) is 0 Å². The predicted octanol–water partition coefficient (Wildman–Crippen LogP) is 1.62. The molecule has 0 amide bonds. The second kappa shape index (κ2) is 4.36. The smallest absolute Gasteiger partial charge is 0.213 e. The summed E-state index contributed by atoms with van der Waals surface area (Å²) in [5.74, 6) is 1.32. The van der Waals surface area contributed by atoms with Gasteiger partial charge in [-0.25, -0.2) is 15.0 Å². The summed E-state index contributed by atoms with van der Waals surface area (Å²) in [4.78, 5) is 11.9. The van der Waals surface area contributed by atoms with Gasteiger partial charge in [-0.05, 0) is 12.1 Å². The van der Waals surface area contributed by atoms with Crippen LogP contribution in [0.2, 0.25) is 0 Å². The number of anilines is 2. The minimum atomic E-state index is 0.586. The van der Waals surface area contributed by atoms with Gasteiger partial charge in [0.05, 0.1) is 19.0 Å². The van der Waals surface area contributed by atoms with E-state index < -0.39 is 0 Å². The van der Waals surface area contributed by atoms with Crippen LogP contribution in [0.1, 0.15) is 0 Å². The van der Waals surface area contributed by atoms with E-state index in [9.17, 15) is 0 Å². The van der Waals surface area contributed by atoms with Gasteiger partial charge in [0.1, 0.15) is 12.1 Å². The molecule has 0 bridgehead atoms. The Morgan fingerprint density at radius 2 is 2.13 bits per heavy atom.